The number of nitrogens with zero attached hydrogens (tertiary/aromatic N) is 1. The molecule has 0 saturated carbocycles. The second-order valence-corrected chi connectivity index (χ2v) is 5.02. The van der Waals surface area contributed by atoms with Gasteiger partial charge in [-0.15, -0.1) is 0 Å². The number of methoxy groups -OCH3 is 1. The summed E-state index contributed by atoms with van der Waals surface area (Å²) in [6.45, 7) is 2.61. The summed E-state index contributed by atoms with van der Waals surface area (Å²) < 4.78 is 17.9. The van der Waals surface area contributed by atoms with Gasteiger partial charge in [0.05, 0.1) is 7.11 Å². The summed E-state index contributed by atoms with van der Waals surface area (Å²) in [5.41, 5.74) is 2.19. The van der Waals surface area contributed by atoms with Crippen molar-refractivity contribution in [1.29, 1.82) is 0 Å². The Labute approximate surface area is 125 Å². The van der Waals surface area contributed by atoms with Crippen LogP contribution in [0.1, 0.15) is 5.56 Å². The van der Waals surface area contributed by atoms with Crippen LogP contribution in [0.5, 0.6) is 5.75 Å². The maximum Gasteiger partial charge on any atom is 0.123 e. The van der Waals surface area contributed by atoms with Crippen LogP contribution in [0.25, 0.3) is 0 Å². The number of halogens is 1. The highest BCUT2D eigenvalue weighted by atomic mass is 19.1. The van der Waals surface area contributed by atoms with Crippen LogP contribution in [0.15, 0.2) is 48.5 Å². The van der Waals surface area contributed by atoms with Gasteiger partial charge in [0.15, 0.2) is 0 Å². The lowest BCUT2D eigenvalue weighted by atomic mass is 10.2. The third-order valence-corrected chi connectivity index (χ3v) is 3.28. The van der Waals surface area contributed by atoms with Crippen LogP contribution in [0, 0.1) is 5.82 Å². The molecule has 0 heterocycles. The molecule has 0 radical (unpaired) electrons. The number of nitrogens with one attached hydrogen (secondary N) is 1. The summed E-state index contributed by atoms with van der Waals surface area (Å²) in [4.78, 5) is 2.23. The third kappa shape index (κ3) is 5.08. The topological polar surface area (TPSA) is 24.5 Å². The fraction of sp³-hybridized carbons (Fsp3) is 0.294. The van der Waals surface area contributed by atoms with Crippen LogP contribution >= 0.6 is 0 Å². The molecule has 2 aromatic carbocycles. The number of anilines is 1. The number of rotatable bonds is 7. The summed E-state index contributed by atoms with van der Waals surface area (Å²) in [5, 5.41) is 3.28. The van der Waals surface area contributed by atoms with Crippen LogP contribution in [0.4, 0.5) is 10.1 Å². The SMILES string of the molecule is COc1ccc(CN(C)CCNc2ccc(F)cc2)cc1. The molecule has 0 saturated heterocycles. The predicted octanol–water partition coefficient (Wildman–Crippen LogP) is 3.38. The van der Waals surface area contributed by atoms with E-state index in [4.69, 9.17) is 4.74 Å². The lowest BCUT2D eigenvalue weighted by Crippen LogP contribution is -2.24. The maximum atomic E-state index is 12.8. The first-order valence-corrected chi connectivity index (χ1v) is 6.98. The molecule has 0 amide bonds. The summed E-state index contributed by atoms with van der Waals surface area (Å²) >= 11 is 0. The highest BCUT2D eigenvalue weighted by Crippen LogP contribution is 2.12. The molecule has 112 valence electrons. The van der Waals surface area contributed by atoms with Gasteiger partial charge >= 0.3 is 0 Å². The van der Waals surface area contributed by atoms with E-state index in [9.17, 15) is 4.39 Å². The normalized spacial score (nSPS) is 10.7. The van der Waals surface area contributed by atoms with E-state index in [1.165, 1.54) is 17.7 Å². The Bertz CT molecular complexity index is 540. The Kier molecular flexibility index (Phi) is 5.58. The predicted molar refractivity (Wildman–Crippen MR) is 84.2 cm³/mol. The Morgan fingerprint density at radius 3 is 2.33 bits per heavy atom. The summed E-state index contributed by atoms with van der Waals surface area (Å²) in [5.74, 6) is 0.663. The van der Waals surface area contributed by atoms with Gasteiger partial charge in [0.2, 0.25) is 0 Å². The molecule has 21 heavy (non-hydrogen) atoms. The Morgan fingerprint density at radius 2 is 1.71 bits per heavy atom. The molecule has 0 aliphatic heterocycles. The van der Waals surface area contributed by atoms with Gasteiger partial charge in [0, 0.05) is 25.3 Å². The monoisotopic (exact) mass is 288 g/mol. The lowest BCUT2D eigenvalue weighted by molar-refractivity contribution is 0.339. The van der Waals surface area contributed by atoms with Gasteiger partial charge < -0.3 is 15.0 Å². The Hall–Kier alpha value is -2.07. The van der Waals surface area contributed by atoms with Crippen molar-refractivity contribution in [2.24, 2.45) is 0 Å². The zero-order chi connectivity index (χ0) is 15.1. The fourth-order valence-corrected chi connectivity index (χ4v) is 2.08. The van der Waals surface area contributed by atoms with Gasteiger partial charge in [-0.3, -0.25) is 0 Å². The van der Waals surface area contributed by atoms with E-state index in [0.717, 1.165) is 31.1 Å². The molecule has 0 aliphatic carbocycles. The fourth-order valence-electron chi connectivity index (χ4n) is 2.08. The number of hydrogen-bond donors (Lipinski definition) is 1. The van der Waals surface area contributed by atoms with Gasteiger partial charge in [0.25, 0.3) is 0 Å². The van der Waals surface area contributed by atoms with E-state index >= 15 is 0 Å². The Balaban J connectivity index is 1.73. The molecule has 3 nitrogen and oxygen atoms in total. The highest BCUT2D eigenvalue weighted by Gasteiger charge is 2.01. The van der Waals surface area contributed by atoms with Crippen LogP contribution in [-0.2, 0) is 6.54 Å². The smallest absolute Gasteiger partial charge is 0.123 e. The minimum atomic E-state index is -0.211. The van der Waals surface area contributed by atoms with Gasteiger partial charge in [-0.25, -0.2) is 4.39 Å². The van der Waals surface area contributed by atoms with Crippen molar-refractivity contribution in [3.63, 3.8) is 0 Å². The molecule has 2 aromatic rings. The largest absolute Gasteiger partial charge is 0.497 e. The molecule has 2 rings (SSSR count). The van der Waals surface area contributed by atoms with Crippen LogP contribution in [0.3, 0.4) is 0 Å². The molecule has 0 unspecified atom stereocenters. The van der Waals surface area contributed by atoms with E-state index in [0.29, 0.717) is 0 Å². The van der Waals surface area contributed by atoms with Crippen LogP contribution in [0.2, 0.25) is 0 Å². The van der Waals surface area contributed by atoms with E-state index in [2.05, 4.69) is 29.4 Å². The molecule has 0 spiro atoms. The third-order valence-electron chi connectivity index (χ3n) is 3.28. The summed E-state index contributed by atoms with van der Waals surface area (Å²) in [6, 6.07) is 14.5. The average molecular weight is 288 g/mol. The lowest BCUT2D eigenvalue weighted by Gasteiger charge is -2.17. The van der Waals surface area contributed by atoms with Crippen LogP contribution < -0.4 is 10.1 Å². The van der Waals surface area contributed by atoms with Crippen molar-refractivity contribution in [2.45, 2.75) is 6.54 Å². The molecular weight excluding hydrogens is 267 g/mol. The number of ether oxygens (including phenoxy) is 1. The number of hydrogen-bond acceptors (Lipinski definition) is 3. The second kappa shape index (κ2) is 7.64. The molecule has 0 fully saturated rings. The minimum Gasteiger partial charge on any atom is -0.497 e. The van der Waals surface area contributed by atoms with E-state index < -0.39 is 0 Å². The Morgan fingerprint density at radius 1 is 1.05 bits per heavy atom. The average Bonchev–Trinajstić information content (AvgIpc) is 2.50. The first-order valence-electron chi connectivity index (χ1n) is 6.98. The highest BCUT2D eigenvalue weighted by molar-refractivity contribution is 5.42. The van der Waals surface area contributed by atoms with Crippen molar-refractivity contribution >= 4 is 5.69 Å². The molecule has 4 heteroatoms. The summed E-state index contributed by atoms with van der Waals surface area (Å²) in [7, 11) is 3.75. The van der Waals surface area contributed by atoms with Crippen molar-refractivity contribution in [2.75, 3.05) is 32.6 Å². The van der Waals surface area contributed by atoms with Gasteiger partial charge in [-0.1, -0.05) is 12.1 Å². The minimum absolute atomic E-state index is 0.211. The standard InChI is InChI=1S/C17H21FN2O/c1-20(13-14-3-9-17(21-2)10-4-14)12-11-19-16-7-5-15(18)6-8-16/h3-10,19H,11-13H2,1-2H3. The zero-order valence-electron chi connectivity index (χ0n) is 12.5. The van der Waals surface area contributed by atoms with Crippen molar-refractivity contribution < 1.29 is 9.13 Å². The number of benzene rings is 2. The quantitative estimate of drug-likeness (QED) is 0.845. The first kappa shape index (κ1) is 15.3. The van der Waals surface area contributed by atoms with E-state index in [-0.39, 0.29) is 5.82 Å². The van der Waals surface area contributed by atoms with Crippen molar-refractivity contribution in [1.82, 2.24) is 4.90 Å². The molecule has 0 bridgehead atoms. The summed E-state index contributed by atoms with van der Waals surface area (Å²) in [6.07, 6.45) is 0. The van der Waals surface area contributed by atoms with Crippen LogP contribution in [-0.4, -0.2) is 32.1 Å². The van der Waals surface area contributed by atoms with Crippen molar-refractivity contribution in [3.05, 3.63) is 59.9 Å². The molecule has 0 atom stereocenters. The van der Waals surface area contributed by atoms with E-state index in [1.54, 1.807) is 19.2 Å². The van der Waals surface area contributed by atoms with Gasteiger partial charge in [-0.2, -0.15) is 0 Å². The van der Waals surface area contributed by atoms with Gasteiger partial charge in [0.1, 0.15) is 11.6 Å². The molecule has 1 N–H and O–H groups in total. The molecule has 0 aromatic heterocycles. The molecule has 0 aliphatic rings. The maximum absolute atomic E-state index is 12.8. The van der Waals surface area contributed by atoms with E-state index in [1.807, 2.05) is 12.1 Å². The van der Waals surface area contributed by atoms with Crippen molar-refractivity contribution in [3.8, 4) is 5.75 Å². The number of likely N-dealkylation sites (N-methyl/N-ethyl adjacent to an activating group) is 1. The molecular formula is C17H21FN2O. The zero-order valence-corrected chi connectivity index (χ0v) is 12.5. The second-order valence-electron chi connectivity index (χ2n) is 5.02. The van der Waals surface area contributed by atoms with Gasteiger partial charge in [-0.05, 0) is 49.0 Å². The first-order chi connectivity index (χ1) is 10.2.